The second-order valence-corrected chi connectivity index (χ2v) is 7.78. The summed E-state index contributed by atoms with van der Waals surface area (Å²) in [5.74, 6) is 1.52. The van der Waals surface area contributed by atoms with Crippen molar-refractivity contribution in [1.82, 2.24) is 24.8 Å². The molecule has 1 aliphatic rings. The predicted octanol–water partition coefficient (Wildman–Crippen LogP) is 4.81. The van der Waals surface area contributed by atoms with E-state index in [1.165, 1.54) is 17.4 Å². The second kappa shape index (κ2) is 8.16. The maximum absolute atomic E-state index is 4.86. The molecule has 30 heavy (non-hydrogen) atoms. The number of aromatic nitrogens is 4. The normalized spacial score (nSPS) is 16.8. The summed E-state index contributed by atoms with van der Waals surface area (Å²) >= 11 is 0. The Morgan fingerprint density at radius 2 is 2.00 bits per heavy atom. The molecule has 0 radical (unpaired) electrons. The number of aryl methyl sites for hydroxylation is 1. The Morgan fingerprint density at radius 3 is 2.93 bits per heavy atom. The fourth-order valence-corrected chi connectivity index (χ4v) is 4.15. The summed E-state index contributed by atoms with van der Waals surface area (Å²) in [6.45, 7) is 3.94. The third-order valence-electron chi connectivity index (χ3n) is 5.56. The minimum absolute atomic E-state index is 0.273. The summed E-state index contributed by atoms with van der Waals surface area (Å²) < 4.78 is 0. The zero-order chi connectivity index (χ0) is 20.3. The largest absolute Gasteiger partial charge is 0.324 e. The Kier molecular flexibility index (Phi) is 5.07. The van der Waals surface area contributed by atoms with E-state index in [1.54, 1.807) is 6.20 Å². The van der Waals surface area contributed by atoms with Gasteiger partial charge in [-0.05, 0) is 62.2 Å². The van der Waals surface area contributed by atoms with Crippen molar-refractivity contribution < 1.29 is 0 Å². The molecule has 1 aromatic carbocycles. The zero-order valence-corrected chi connectivity index (χ0v) is 17.0. The van der Waals surface area contributed by atoms with Crippen molar-refractivity contribution in [3.63, 3.8) is 0 Å². The van der Waals surface area contributed by atoms with Crippen molar-refractivity contribution in [2.24, 2.45) is 0 Å². The van der Waals surface area contributed by atoms with E-state index in [2.05, 4.69) is 49.4 Å². The van der Waals surface area contributed by atoms with E-state index >= 15 is 0 Å². The molecule has 1 N–H and O–H groups in total. The number of likely N-dealkylation sites (tertiary alicyclic amines) is 1. The van der Waals surface area contributed by atoms with Crippen LogP contribution in [-0.2, 0) is 6.54 Å². The Bertz CT molecular complexity index is 1170. The minimum atomic E-state index is 0.273. The lowest BCUT2D eigenvalue weighted by Gasteiger charge is -2.24. The average molecular weight is 396 g/mol. The van der Waals surface area contributed by atoms with E-state index in [1.807, 2.05) is 43.6 Å². The molecule has 1 aliphatic heterocycles. The molecular weight excluding hydrogens is 372 g/mol. The summed E-state index contributed by atoms with van der Waals surface area (Å²) in [7, 11) is 0. The SMILES string of the molecule is Cc1cccc(Nc2cncc([C@H]3CCCN3Cc3ccc4ncccc4c3)n2)n1. The third kappa shape index (κ3) is 4.00. The number of rotatable bonds is 5. The minimum Gasteiger partial charge on any atom is -0.324 e. The number of pyridine rings is 2. The predicted molar refractivity (Wildman–Crippen MR) is 118 cm³/mol. The first-order valence-electron chi connectivity index (χ1n) is 10.3. The Labute approximate surface area is 176 Å². The van der Waals surface area contributed by atoms with Gasteiger partial charge in [-0.3, -0.25) is 14.9 Å². The Hall–Kier alpha value is -3.38. The van der Waals surface area contributed by atoms with Gasteiger partial charge >= 0.3 is 0 Å². The highest BCUT2D eigenvalue weighted by atomic mass is 15.2. The molecule has 1 fully saturated rings. The fourth-order valence-electron chi connectivity index (χ4n) is 4.15. The van der Waals surface area contributed by atoms with Crippen LogP contribution in [0.2, 0.25) is 0 Å². The first-order chi connectivity index (χ1) is 14.7. The van der Waals surface area contributed by atoms with E-state index in [4.69, 9.17) is 4.98 Å². The standard InChI is InChI=1S/C24H24N6/c1-17-5-2-8-23(27-17)29-24-15-25-14-21(28-24)22-7-4-12-30(22)16-18-9-10-20-19(13-18)6-3-11-26-20/h2-3,5-6,8-11,13-15,22H,4,7,12,16H2,1H3,(H,27,28,29)/t22-/m1/s1. The monoisotopic (exact) mass is 396 g/mol. The van der Waals surface area contributed by atoms with Gasteiger partial charge in [-0.25, -0.2) is 9.97 Å². The van der Waals surface area contributed by atoms with Crippen LogP contribution in [-0.4, -0.2) is 31.4 Å². The average Bonchev–Trinajstić information content (AvgIpc) is 3.22. The van der Waals surface area contributed by atoms with Gasteiger partial charge in [0.1, 0.15) is 11.6 Å². The number of hydrogen-bond acceptors (Lipinski definition) is 6. The molecule has 0 saturated carbocycles. The highest BCUT2D eigenvalue weighted by Crippen LogP contribution is 2.32. The van der Waals surface area contributed by atoms with Gasteiger partial charge in [0.25, 0.3) is 0 Å². The lowest BCUT2D eigenvalue weighted by atomic mass is 10.1. The van der Waals surface area contributed by atoms with Crippen molar-refractivity contribution >= 4 is 22.5 Å². The summed E-state index contributed by atoms with van der Waals surface area (Å²) in [6, 6.07) is 16.8. The van der Waals surface area contributed by atoms with Crippen molar-refractivity contribution in [3.05, 3.63) is 84.1 Å². The Balaban J connectivity index is 1.35. The van der Waals surface area contributed by atoms with Gasteiger partial charge in [0.05, 0.1) is 29.6 Å². The van der Waals surface area contributed by atoms with E-state index in [0.717, 1.165) is 48.1 Å². The number of fused-ring (bicyclic) bond motifs is 1. The summed E-state index contributed by atoms with van der Waals surface area (Å²) in [4.78, 5) is 20.7. The highest BCUT2D eigenvalue weighted by Gasteiger charge is 2.27. The number of nitrogens with zero attached hydrogens (tertiary/aromatic N) is 5. The van der Waals surface area contributed by atoms with Gasteiger partial charge < -0.3 is 5.32 Å². The number of hydrogen-bond donors (Lipinski definition) is 1. The maximum atomic E-state index is 4.86. The van der Waals surface area contributed by atoms with Crippen LogP contribution in [0.25, 0.3) is 10.9 Å². The van der Waals surface area contributed by atoms with Crippen molar-refractivity contribution in [2.75, 3.05) is 11.9 Å². The maximum Gasteiger partial charge on any atom is 0.150 e. The first-order valence-corrected chi connectivity index (χ1v) is 10.3. The molecule has 0 bridgehead atoms. The van der Waals surface area contributed by atoms with Gasteiger partial charge in [-0.15, -0.1) is 0 Å². The molecule has 0 aliphatic carbocycles. The van der Waals surface area contributed by atoms with Crippen LogP contribution >= 0.6 is 0 Å². The number of anilines is 2. The molecule has 1 saturated heterocycles. The summed E-state index contributed by atoms with van der Waals surface area (Å²) in [5.41, 5.74) is 4.31. The first kappa shape index (κ1) is 18.6. The van der Waals surface area contributed by atoms with Crippen molar-refractivity contribution in [2.45, 2.75) is 32.4 Å². The second-order valence-electron chi connectivity index (χ2n) is 7.78. The lowest BCUT2D eigenvalue weighted by Crippen LogP contribution is -2.23. The molecule has 0 amide bonds. The van der Waals surface area contributed by atoms with Crippen LogP contribution in [0.1, 0.15) is 35.8 Å². The van der Waals surface area contributed by atoms with Gasteiger partial charge in [0, 0.05) is 23.8 Å². The van der Waals surface area contributed by atoms with Crippen molar-refractivity contribution in [3.8, 4) is 0 Å². The summed E-state index contributed by atoms with van der Waals surface area (Å²) in [5, 5.41) is 4.47. The lowest BCUT2D eigenvalue weighted by molar-refractivity contribution is 0.244. The molecule has 0 spiro atoms. The molecule has 3 aromatic heterocycles. The highest BCUT2D eigenvalue weighted by molar-refractivity contribution is 5.78. The molecule has 150 valence electrons. The molecule has 4 aromatic rings. The van der Waals surface area contributed by atoms with Crippen LogP contribution in [0.3, 0.4) is 0 Å². The van der Waals surface area contributed by atoms with Gasteiger partial charge in [-0.1, -0.05) is 18.2 Å². The molecule has 6 nitrogen and oxygen atoms in total. The van der Waals surface area contributed by atoms with Crippen molar-refractivity contribution in [1.29, 1.82) is 0 Å². The van der Waals surface area contributed by atoms with Gasteiger partial charge in [-0.2, -0.15) is 0 Å². The van der Waals surface area contributed by atoms with Gasteiger partial charge in [0.2, 0.25) is 0 Å². The van der Waals surface area contributed by atoms with E-state index in [-0.39, 0.29) is 6.04 Å². The molecule has 6 heteroatoms. The van der Waals surface area contributed by atoms with Crippen LogP contribution in [0.4, 0.5) is 11.6 Å². The fraction of sp³-hybridized carbons (Fsp3) is 0.250. The van der Waals surface area contributed by atoms with E-state index in [9.17, 15) is 0 Å². The topological polar surface area (TPSA) is 66.8 Å². The molecule has 4 heterocycles. The van der Waals surface area contributed by atoms with Gasteiger partial charge in [0.15, 0.2) is 0 Å². The molecule has 5 rings (SSSR count). The van der Waals surface area contributed by atoms with Crippen LogP contribution in [0, 0.1) is 6.92 Å². The molecule has 1 atom stereocenters. The Morgan fingerprint density at radius 1 is 1.03 bits per heavy atom. The number of nitrogens with one attached hydrogen (secondary N) is 1. The van der Waals surface area contributed by atoms with Crippen LogP contribution in [0.15, 0.2) is 67.1 Å². The zero-order valence-electron chi connectivity index (χ0n) is 17.0. The van der Waals surface area contributed by atoms with E-state index in [0.29, 0.717) is 0 Å². The third-order valence-corrected chi connectivity index (χ3v) is 5.56. The molecular formula is C24H24N6. The smallest absolute Gasteiger partial charge is 0.150 e. The molecule has 0 unspecified atom stereocenters. The number of benzene rings is 1. The van der Waals surface area contributed by atoms with Crippen LogP contribution < -0.4 is 5.32 Å². The quantitative estimate of drug-likeness (QED) is 0.522. The van der Waals surface area contributed by atoms with E-state index < -0.39 is 0 Å². The van der Waals surface area contributed by atoms with Crippen LogP contribution in [0.5, 0.6) is 0 Å². The summed E-state index contributed by atoms with van der Waals surface area (Å²) in [6.07, 6.45) is 7.74.